The van der Waals surface area contributed by atoms with Gasteiger partial charge in [-0.3, -0.25) is 4.79 Å². The lowest BCUT2D eigenvalue weighted by molar-refractivity contribution is -0.145. The summed E-state index contributed by atoms with van der Waals surface area (Å²) in [5.41, 5.74) is 7.34. The average molecular weight is 525 g/mol. The molecule has 0 radical (unpaired) electrons. The SMILES string of the molecule is CCCCC(N)c1nc(C(=O)NC(CCCCNS(=O)(=O)c2ccc(C)cc2)C(=O)OCC)cs1. The number of benzene rings is 1. The third kappa shape index (κ3) is 9.32. The van der Waals surface area contributed by atoms with Crippen LogP contribution >= 0.6 is 11.3 Å². The maximum atomic E-state index is 12.7. The second-order valence-electron chi connectivity index (χ2n) is 8.30. The second-order valence-corrected chi connectivity index (χ2v) is 11.0. The fourth-order valence-electron chi connectivity index (χ4n) is 3.31. The first kappa shape index (κ1) is 28.9. The van der Waals surface area contributed by atoms with Crippen LogP contribution in [-0.2, 0) is 19.6 Å². The van der Waals surface area contributed by atoms with Gasteiger partial charge in [0.05, 0.1) is 17.5 Å². The number of carbonyl (C=O) groups excluding carboxylic acids is 2. The highest BCUT2D eigenvalue weighted by atomic mass is 32.2. The summed E-state index contributed by atoms with van der Waals surface area (Å²) in [6.45, 7) is 6.07. The number of hydrogen-bond donors (Lipinski definition) is 3. The van der Waals surface area contributed by atoms with Crippen LogP contribution in [0.3, 0.4) is 0 Å². The highest BCUT2D eigenvalue weighted by Gasteiger charge is 2.24. The Morgan fingerprint density at radius 1 is 1.11 bits per heavy atom. The molecule has 1 aromatic heterocycles. The molecule has 0 aliphatic rings. The minimum Gasteiger partial charge on any atom is -0.464 e. The van der Waals surface area contributed by atoms with E-state index in [1.54, 1.807) is 36.6 Å². The first-order valence-electron chi connectivity index (χ1n) is 11.9. The number of amides is 1. The molecule has 0 saturated carbocycles. The molecular weight excluding hydrogens is 488 g/mol. The highest BCUT2D eigenvalue weighted by molar-refractivity contribution is 7.89. The minimum atomic E-state index is -3.60. The molecule has 4 N–H and O–H groups in total. The van der Waals surface area contributed by atoms with E-state index >= 15 is 0 Å². The number of hydrogen-bond acceptors (Lipinski definition) is 8. The lowest BCUT2D eigenvalue weighted by Crippen LogP contribution is -2.42. The Hall–Kier alpha value is -2.34. The van der Waals surface area contributed by atoms with E-state index in [0.29, 0.717) is 24.3 Å². The van der Waals surface area contributed by atoms with Crippen molar-refractivity contribution >= 4 is 33.2 Å². The van der Waals surface area contributed by atoms with E-state index < -0.39 is 27.9 Å². The summed E-state index contributed by atoms with van der Waals surface area (Å²) in [6, 6.07) is 5.53. The Morgan fingerprint density at radius 2 is 1.83 bits per heavy atom. The third-order valence-corrected chi connectivity index (χ3v) is 7.81. The molecule has 0 saturated heterocycles. The summed E-state index contributed by atoms with van der Waals surface area (Å²) >= 11 is 1.33. The standard InChI is InChI=1S/C24H36N4O5S2/c1-4-6-9-19(25)23-28-21(16-34-23)22(29)27-20(24(30)33-5-2)10-7-8-15-26-35(31,32)18-13-11-17(3)12-14-18/h11-14,16,19-20,26H,4-10,15,25H2,1-3H3,(H,27,29). The van der Waals surface area contributed by atoms with Crippen molar-refractivity contribution in [1.82, 2.24) is 15.0 Å². The molecule has 9 nitrogen and oxygen atoms in total. The molecule has 0 bridgehead atoms. The molecule has 2 rings (SSSR count). The maximum Gasteiger partial charge on any atom is 0.328 e. The molecule has 2 unspecified atom stereocenters. The van der Waals surface area contributed by atoms with Crippen LogP contribution in [0, 0.1) is 6.92 Å². The molecule has 0 aliphatic heterocycles. The van der Waals surface area contributed by atoms with Gasteiger partial charge in [-0.25, -0.2) is 22.9 Å². The Labute approximate surface area is 211 Å². The van der Waals surface area contributed by atoms with Gasteiger partial charge in [-0.2, -0.15) is 0 Å². The summed E-state index contributed by atoms with van der Waals surface area (Å²) in [7, 11) is -3.60. The zero-order chi connectivity index (χ0) is 25.8. The normalized spacial score (nSPS) is 13.3. The molecule has 0 spiro atoms. The smallest absolute Gasteiger partial charge is 0.328 e. The zero-order valence-corrected chi connectivity index (χ0v) is 22.2. The lowest BCUT2D eigenvalue weighted by Gasteiger charge is -2.17. The molecular formula is C24H36N4O5S2. The van der Waals surface area contributed by atoms with Crippen molar-refractivity contribution in [2.24, 2.45) is 5.73 Å². The van der Waals surface area contributed by atoms with Gasteiger partial charge in [0.15, 0.2) is 0 Å². The van der Waals surface area contributed by atoms with Crippen LogP contribution < -0.4 is 15.8 Å². The molecule has 11 heteroatoms. The number of rotatable bonds is 15. The molecule has 1 aromatic carbocycles. The number of unbranched alkanes of at least 4 members (excludes halogenated alkanes) is 2. The van der Waals surface area contributed by atoms with Gasteiger partial charge < -0.3 is 15.8 Å². The topological polar surface area (TPSA) is 140 Å². The van der Waals surface area contributed by atoms with Crippen LogP contribution in [0.2, 0.25) is 0 Å². The van der Waals surface area contributed by atoms with E-state index in [2.05, 4.69) is 21.9 Å². The van der Waals surface area contributed by atoms with Gasteiger partial charge in [0.2, 0.25) is 10.0 Å². The van der Waals surface area contributed by atoms with Crippen molar-refractivity contribution < 1.29 is 22.7 Å². The predicted octanol–water partition coefficient (Wildman–Crippen LogP) is 3.45. The number of ether oxygens (including phenoxy) is 1. The van der Waals surface area contributed by atoms with Crippen molar-refractivity contribution in [2.75, 3.05) is 13.2 Å². The average Bonchev–Trinajstić information content (AvgIpc) is 3.32. The van der Waals surface area contributed by atoms with E-state index in [0.717, 1.165) is 24.8 Å². The summed E-state index contributed by atoms with van der Waals surface area (Å²) < 4.78 is 32.4. The number of thiazole rings is 1. The fraction of sp³-hybridized carbons (Fsp3) is 0.542. The number of sulfonamides is 1. The van der Waals surface area contributed by atoms with Gasteiger partial charge in [0, 0.05) is 11.9 Å². The molecule has 1 amide bonds. The van der Waals surface area contributed by atoms with E-state index in [9.17, 15) is 18.0 Å². The van der Waals surface area contributed by atoms with Crippen LogP contribution in [0.4, 0.5) is 0 Å². The van der Waals surface area contributed by atoms with Crippen LogP contribution in [-0.4, -0.2) is 44.5 Å². The first-order chi connectivity index (χ1) is 16.7. The second kappa shape index (κ2) is 14.3. The number of nitrogens with zero attached hydrogens (tertiary/aromatic N) is 1. The molecule has 194 valence electrons. The number of nitrogens with two attached hydrogens (primary N) is 1. The van der Waals surface area contributed by atoms with Gasteiger partial charge in [0.25, 0.3) is 5.91 Å². The summed E-state index contributed by atoms with van der Waals surface area (Å²) in [6.07, 6.45) is 4.11. The number of esters is 1. The molecule has 35 heavy (non-hydrogen) atoms. The maximum absolute atomic E-state index is 12.7. The van der Waals surface area contributed by atoms with Crippen molar-refractivity contribution in [3.05, 3.63) is 45.9 Å². The van der Waals surface area contributed by atoms with Crippen molar-refractivity contribution in [1.29, 1.82) is 0 Å². The van der Waals surface area contributed by atoms with Gasteiger partial charge in [-0.05, 0) is 51.7 Å². The summed E-state index contributed by atoms with van der Waals surface area (Å²) in [5.74, 6) is -0.996. The first-order valence-corrected chi connectivity index (χ1v) is 14.3. The van der Waals surface area contributed by atoms with Crippen LogP contribution in [0.15, 0.2) is 34.5 Å². The third-order valence-electron chi connectivity index (χ3n) is 5.36. The van der Waals surface area contributed by atoms with Crippen molar-refractivity contribution in [3.63, 3.8) is 0 Å². The summed E-state index contributed by atoms with van der Waals surface area (Å²) in [4.78, 5) is 29.6. The number of carbonyl (C=O) groups is 2. The number of aromatic nitrogens is 1. The molecule has 0 fully saturated rings. The Morgan fingerprint density at radius 3 is 2.49 bits per heavy atom. The van der Waals surface area contributed by atoms with E-state index in [4.69, 9.17) is 10.5 Å². The van der Waals surface area contributed by atoms with Crippen LogP contribution in [0.1, 0.15) is 79.5 Å². The Balaban J connectivity index is 1.89. The van der Waals surface area contributed by atoms with Gasteiger partial charge in [-0.1, -0.05) is 37.5 Å². The van der Waals surface area contributed by atoms with Gasteiger partial charge in [0.1, 0.15) is 16.7 Å². The van der Waals surface area contributed by atoms with Crippen LogP contribution in [0.25, 0.3) is 0 Å². The van der Waals surface area contributed by atoms with E-state index in [1.165, 1.54) is 11.3 Å². The quantitative estimate of drug-likeness (QED) is 0.239. The molecule has 0 aliphatic carbocycles. The predicted molar refractivity (Wildman–Crippen MR) is 137 cm³/mol. The van der Waals surface area contributed by atoms with Crippen molar-refractivity contribution in [3.8, 4) is 0 Å². The molecule has 2 atom stereocenters. The Kier molecular flexibility index (Phi) is 11.8. The zero-order valence-electron chi connectivity index (χ0n) is 20.6. The monoisotopic (exact) mass is 524 g/mol. The largest absolute Gasteiger partial charge is 0.464 e. The van der Waals surface area contributed by atoms with E-state index in [1.807, 2.05) is 6.92 Å². The van der Waals surface area contributed by atoms with Gasteiger partial charge in [-0.15, -0.1) is 11.3 Å². The van der Waals surface area contributed by atoms with Gasteiger partial charge >= 0.3 is 5.97 Å². The van der Waals surface area contributed by atoms with Crippen molar-refractivity contribution in [2.45, 2.75) is 76.3 Å². The number of nitrogens with one attached hydrogen (secondary N) is 2. The Bertz CT molecular complexity index is 1050. The van der Waals surface area contributed by atoms with E-state index in [-0.39, 0.29) is 29.8 Å². The van der Waals surface area contributed by atoms with Crippen LogP contribution in [0.5, 0.6) is 0 Å². The highest BCUT2D eigenvalue weighted by Crippen LogP contribution is 2.21. The molecule has 2 aromatic rings. The summed E-state index contributed by atoms with van der Waals surface area (Å²) in [5, 5.41) is 5.03. The minimum absolute atomic E-state index is 0.189. The lowest BCUT2D eigenvalue weighted by atomic mass is 10.1. The number of aryl methyl sites for hydroxylation is 1. The fourth-order valence-corrected chi connectivity index (χ4v) is 5.22. The molecule has 1 heterocycles.